The predicted molar refractivity (Wildman–Crippen MR) is 101 cm³/mol. The fourth-order valence-corrected chi connectivity index (χ4v) is 3.21. The lowest BCUT2D eigenvalue weighted by Crippen LogP contribution is -2.47. The van der Waals surface area contributed by atoms with Gasteiger partial charge in [0.1, 0.15) is 0 Å². The summed E-state index contributed by atoms with van der Waals surface area (Å²) in [6.45, 7) is 5.37. The molecule has 0 spiro atoms. The van der Waals surface area contributed by atoms with E-state index in [4.69, 9.17) is 0 Å². The van der Waals surface area contributed by atoms with Crippen LogP contribution in [0.4, 0.5) is 0 Å². The van der Waals surface area contributed by atoms with Gasteiger partial charge in [0.05, 0.1) is 5.92 Å². The van der Waals surface area contributed by atoms with Crippen molar-refractivity contribution in [2.24, 2.45) is 0 Å². The summed E-state index contributed by atoms with van der Waals surface area (Å²) in [5.74, 6) is 0.0566. The van der Waals surface area contributed by atoms with Crippen molar-refractivity contribution in [3.05, 3.63) is 60.2 Å². The summed E-state index contributed by atoms with van der Waals surface area (Å²) in [5, 5.41) is 3.01. The Kier molecular flexibility index (Phi) is 7.45. The molecule has 2 rings (SSSR count). The minimum atomic E-state index is -0.0731. The Morgan fingerprint density at radius 3 is 2.48 bits per heavy atom. The monoisotopic (exact) mass is 340 g/mol. The Morgan fingerprint density at radius 1 is 1.20 bits per heavy atom. The van der Waals surface area contributed by atoms with Crippen molar-refractivity contribution >= 4 is 11.8 Å². The molecule has 1 aliphatic rings. The van der Waals surface area contributed by atoms with E-state index in [0.717, 1.165) is 24.8 Å². The van der Waals surface area contributed by atoms with Gasteiger partial charge in [0.2, 0.25) is 11.8 Å². The Bertz CT molecular complexity index is 614. The molecule has 1 saturated heterocycles. The molecule has 1 heterocycles. The first-order valence-electron chi connectivity index (χ1n) is 9.09. The Balaban J connectivity index is 1.86. The molecule has 1 fully saturated rings. The van der Waals surface area contributed by atoms with E-state index >= 15 is 0 Å². The van der Waals surface area contributed by atoms with Crippen LogP contribution < -0.4 is 5.32 Å². The van der Waals surface area contributed by atoms with E-state index in [1.54, 1.807) is 12.2 Å². The van der Waals surface area contributed by atoms with E-state index in [-0.39, 0.29) is 23.8 Å². The van der Waals surface area contributed by atoms with Gasteiger partial charge in [0, 0.05) is 25.2 Å². The average molecular weight is 340 g/mol. The standard InChI is InChI=1S/C21H28N2O2/c1-3-5-7-12-20(24)22-18-13-15-23(16-14-18)21(25)19(4-2)17-10-8-6-9-11-17/h3,5-12,18-19H,4,13-16H2,1-2H3,(H,22,24)/b5-3+,12-7+/t19-/m0/s1. The zero-order chi connectivity index (χ0) is 18.1. The highest BCUT2D eigenvalue weighted by Crippen LogP contribution is 2.24. The number of hydrogen-bond acceptors (Lipinski definition) is 2. The summed E-state index contributed by atoms with van der Waals surface area (Å²) in [5.41, 5.74) is 1.08. The number of nitrogens with zero attached hydrogens (tertiary/aromatic N) is 1. The van der Waals surface area contributed by atoms with Gasteiger partial charge in [0.15, 0.2) is 0 Å². The van der Waals surface area contributed by atoms with Crippen LogP contribution in [0.2, 0.25) is 0 Å². The van der Waals surface area contributed by atoms with Gasteiger partial charge in [-0.05, 0) is 31.7 Å². The third kappa shape index (κ3) is 5.59. The average Bonchev–Trinajstić information content (AvgIpc) is 2.64. The zero-order valence-electron chi connectivity index (χ0n) is 15.2. The highest BCUT2D eigenvalue weighted by molar-refractivity contribution is 5.88. The molecule has 2 amide bonds. The fraction of sp³-hybridized carbons (Fsp3) is 0.429. The molecule has 1 aliphatic heterocycles. The third-order valence-electron chi connectivity index (χ3n) is 4.61. The van der Waals surface area contributed by atoms with Gasteiger partial charge < -0.3 is 10.2 Å². The second kappa shape index (κ2) is 9.82. The van der Waals surface area contributed by atoms with E-state index < -0.39 is 0 Å². The van der Waals surface area contributed by atoms with Crippen LogP contribution in [0.1, 0.15) is 44.6 Å². The number of amides is 2. The number of nitrogens with one attached hydrogen (secondary N) is 1. The van der Waals surface area contributed by atoms with Gasteiger partial charge in [-0.2, -0.15) is 0 Å². The van der Waals surface area contributed by atoms with Crippen molar-refractivity contribution in [3.8, 4) is 0 Å². The molecule has 0 aromatic heterocycles. The number of piperidine rings is 1. The quantitative estimate of drug-likeness (QED) is 0.637. The fourth-order valence-electron chi connectivity index (χ4n) is 3.21. The van der Waals surface area contributed by atoms with Crippen molar-refractivity contribution in [3.63, 3.8) is 0 Å². The molecule has 134 valence electrons. The van der Waals surface area contributed by atoms with Gasteiger partial charge in [-0.1, -0.05) is 55.5 Å². The van der Waals surface area contributed by atoms with E-state index in [0.29, 0.717) is 13.1 Å². The highest BCUT2D eigenvalue weighted by atomic mass is 16.2. The molecule has 4 heteroatoms. The normalized spacial score (nSPS) is 17.1. The van der Waals surface area contributed by atoms with Crippen LogP contribution in [0.5, 0.6) is 0 Å². The SMILES string of the molecule is C/C=C/C=C/C(=O)NC1CCN(C(=O)[C@@H](CC)c2ccccc2)CC1. The number of rotatable bonds is 6. The summed E-state index contributed by atoms with van der Waals surface area (Å²) in [6.07, 6.45) is 9.40. The van der Waals surface area contributed by atoms with E-state index in [2.05, 4.69) is 12.2 Å². The van der Waals surface area contributed by atoms with Crippen LogP contribution in [0.3, 0.4) is 0 Å². The van der Waals surface area contributed by atoms with Crippen LogP contribution in [-0.4, -0.2) is 35.8 Å². The van der Waals surface area contributed by atoms with Crippen LogP contribution in [0, 0.1) is 0 Å². The largest absolute Gasteiger partial charge is 0.350 e. The lowest BCUT2D eigenvalue weighted by molar-refractivity contribution is -0.134. The van der Waals surface area contributed by atoms with E-state index in [9.17, 15) is 9.59 Å². The molecule has 1 atom stereocenters. The smallest absolute Gasteiger partial charge is 0.244 e. The number of likely N-dealkylation sites (tertiary alicyclic amines) is 1. The summed E-state index contributed by atoms with van der Waals surface area (Å²) in [7, 11) is 0. The van der Waals surface area contributed by atoms with Gasteiger partial charge in [-0.15, -0.1) is 0 Å². The van der Waals surface area contributed by atoms with Gasteiger partial charge in [0.25, 0.3) is 0 Å². The maximum absolute atomic E-state index is 12.9. The van der Waals surface area contributed by atoms with Crippen LogP contribution in [-0.2, 0) is 9.59 Å². The summed E-state index contributed by atoms with van der Waals surface area (Å²) >= 11 is 0. The van der Waals surface area contributed by atoms with Crippen LogP contribution in [0.15, 0.2) is 54.6 Å². The molecule has 25 heavy (non-hydrogen) atoms. The Hall–Kier alpha value is -2.36. The van der Waals surface area contributed by atoms with Crippen molar-refractivity contribution in [2.75, 3.05) is 13.1 Å². The number of carbonyl (C=O) groups is 2. The zero-order valence-corrected chi connectivity index (χ0v) is 15.2. The molecular weight excluding hydrogens is 312 g/mol. The molecule has 0 radical (unpaired) electrons. The first-order valence-corrected chi connectivity index (χ1v) is 9.09. The second-order valence-corrected chi connectivity index (χ2v) is 6.36. The molecule has 0 aliphatic carbocycles. The second-order valence-electron chi connectivity index (χ2n) is 6.36. The molecular formula is C21H28N2O2. The van der Waals surface area contributed by atoms with Crippen molar-refractivity contribution in [1.82, 2.24) is 10.2 Å². The third-order valence-corrected chi connectivity index (χ3v) is 4.61. The number of carbonyl (C=O) groups excluding carboxylic acids is 2. The lowest BCUT2D eigenvalue weighted by atomic mass is 9.93. The predicted octanol–water partition coefficient (Wildman–Crippen LogP) is 3.42. The van der Waals surface area contributed by atoms with Gasteiger partial charge >= 0.3 is 0 Å². The number of hydrogen-bond donors (Lipinski definition) is 1. The Morgan fingerprint density at radius 2 is 1.88 bits per heavy atom. The van der Waals surface area contributed by atoms with Gasteiger partial charge in [-0.3, -0.25) is 9.59 Å². The molecule has 4 nitrogen and oxygen atoms in total. The molecule has 0 unspecified atom stereocenters. The topological polar surface area (TPSA) is 49.4 Å². The number of allylic oxidation sites excluding steroid dienone is 3. The maximum atomic E-state index is 12.9. The molecule has 0 saturated carbocycles. The molecule has 1 aromatic carbocycles. The lowest BCUT2D eigenvalue weighted by Gasteiger charge is -2.34. The van der Waals surface area contributed by atoms with Crippen molar-refractivity contribution < 1.29 is 9.59 Å². The van der Waals surface area contributed by atoms with E-state index in [1.807, 2.05) is 54.3 Å². The molecule has 1 N–H and O–H groups in total. The minimum Gasteiger partial charge on any atom is -0.350 e. The summed E-state index contributed by atoms with van der Waals surface area (Å²) in [6, 6.07) is 10.1. The Labute approximate surface area is 150 Å². The number of benzene rings is 1. The van der Waals surface area contributed by atoms with E-state index in [1.165, 1.54) is 0 Å². The minimum absolute atomic E-state index is 0.0707. The van der Waals surface area contributed by atoms with Crippen LogP contribution in [0.25, 0.3) is 0 Å². The first kappa shape index (κ1) is 19.0. The summed E-state index contributed by atoms with van der Waals surface area (Å²) in [4.78, 5) is 26.6. The van der Waals surface area contributed by atoms with Crippen molar-refractivity contribution in [2.45, 2.75) is 45.1 Å². The van der Waals surface area contributed by atoms with Crippen LogP contribution >= 0.6 is 0 Å². The van der Waals surface area contributed by atoms with Gasteiger partial charge in [-0.25, -0.2) is 0 Å². The molecule has 1 aromatic rings. The summed E-state index contributed by atoms with van der Waals surface area (Å²) < 4.78 is 0. The highest BCUT2D eigenvalue weighted by Gasteiger charge is 2.28. The van der Waals surface area contributed by atoms with Crippen molar-refractivity contribution in [1.29, 1.82) is 0 Å². The first-order chi connectivity index (χ1) is 12.2. The maximum Gasteiger partial charge on any atom is 0.244 e. The molecule has 0 bridgehead atoms.